The Morgan fingerprint density at radius 2 is 2.21 bits per heavy atom. The van der Waals surface area contributed by atoms with Crippen LogP contribution in [0.5, 0.6) is 0 Å². The van der Waals surface area contributed by atoms with E-state index in [9.17, 15) is 14.9 Å². The number of nitrogens with two attached hydrogens (primary N) is 1. The van der Waals surface area contributed by atoms with Crippen LogP contribution < -0.4 is 11.1 Å². The molecule has 3 rings (SSSR count). The third-order valence-electron chi connectivity index (χ3n) is 5.13. The molecule has 0 spiro atoms. The van der Waals surface area contributed by atoms with Gasteiger partial charge in [0.2, 0.25) is 11.8 Å². The van der Waals surface area contributed by atoms with Gasteiger partial charge in [0.25, 0.3) is 5.91 Å². The van der Waals surface area contributed by atoms with Crippen molar-refractivity contribution in [3.8, 4) is 6.07 Å². The van der Waals surface area contributed by atoms with E-state index < -0.39 is 5.91 Å². The fraction of sp³-hybridized carbons (Fsp3) is 0.474. The summed E-state index contributed by atoms with van der Waals surface area (Å²) in [4.78, 5) is 26.2. The third kappa shape index (κ3) is 3.92. The van der Waals surface area contributed by atoms with E-state index in [1.807, 2.05) is 4.90 Å². The fourth-order valence-corrected chi connectivity index (χ4v) is 3.64. The number of carbonyl (C=O) groups is 2. The van der Waals surface area contributed by atoms with Gasteiger partial charge in [0.15, 0.2) is 0 Å². The summed E-state index contributed by atoms with van der Waals surface area (Å²) in [5.41, 5.74) is 7.66. The van der Waals surface area contributed by atoms with Gasteiger partial charge in [-0.25, -0.2) is 0 Å². The van der Waals surface area contributed by atoms with Crippen molar-refractivity contribution in [3.63, 3.8) is 0 Å². The van der Waals surface area contributed by atoms with Crippen LogP contribution in [-0.2, 0) is 11.8 Å². The number of aryl methyl sites for hydroxylation is 2. The van der Waals surface area contributed by atoms with Crippen molar-refractivity contribution in [2.75, 3.05) is 25.0 Å². The monoisotopic (exact) mass is 384 g/mol. The summed E-state index contributed by atoms with van der Waals surface area (Å²) in [6.07, 6.45) is 3.40. The lowest BCUT2D eigenvalue weighted by molar-refractivity contribution is -0.117. The number of furan rings is 1. The van der Waals surface area contributed by atoms with E-state index >= 15 is 0 Å². The Labute approximate surface area is 163 Å². The average Bonchev–Trinajstić information content (AvgIpc) is 3.15. The second-order valence-electron chi connectivity index (χ2n) is 7.19. The van der Waals surface area contributed by atoms with E-state index in [4.69, 9.17) is 10.2 Å². The smallest absolute Gasteiger partial charge is 0.252 e. The molecule has 1 atom stereocenters. The van der Waals surface area contributed by atoms with E-state index in [2.05, 4.69) is 16.5 Å². The van der Waals surface area contributed by atoms with E-state index in [1.54, 1.807) is 31.8 Å². The number of hydrogen-bond donors (Lipinski definition) is 2. The maximum atomic E-state index is 12.5. The lowest BCUT2D eigenvalue weighted by Gasteiger charge is -2.31. The first-order valence-electron chi connectivity index (χ1n) is 9.15. The molecule has 0 bridgehead atoms. The van der Waals surface area contributed by atoms with Gasteiger partial charge in [-0.1, -0.05) is 0 Å². The molecule has 148 valence electrons. The number of aromatic nitrogens is 2. The van der Waals surface area contributed by atoms with E-state index in [0.29, 0.717) is 29.1 Å². The van der Waals surface area contributed by atoms with Gasteiger partial charge in [-0.15, -0.1) is 0 Å². The minimum absolute atomic E-state index is 0.0352. The van der Waals surface area contributed by atoms with Crippen LogP contribution in [0, 0.1) is 25.2 Å². The van der Waals surface area contributed by atoms with E-state index in [-0.39, 0.29) is 24.3 Å². The third-order valence-corrected chi connectivity index (χ3v) is 5.13. The Bertz CT molecular complexity index is 952. The SMILES string of the molecule is Cc1oc(NC(=O)CN2CCC[C@H](c3nn(C)cc3C(N)=O)C2)c(C#N)c1C. The highest BCUT2D eigenvalue weighted by Gasteiger charge is 2.28. The molecule has 1 saturated heterocycles. The van der Waals surface area contributed by atoms with Gasteiger partial charge in [0.1, 0.15) is 17.4 Å². The summed E-state index contributed by atoms with van der Waals surface area (Å²) in [5.74, 6) is 0.0939. The van der Waals surface area contributed by atoms with Gasteiger partial charge in [0.05, 0.1) is 17.8 Å². The maximum absolute atomic E-state index is 12.5. The lowest BCUT2D eigenvalue weighted by atomic mass is 9.92. The largest absolute Gasteiger partial charge is 0.444 e. The number of piperidine rings is 1. The van der Waals surface area contributed by atoms with Gasteiger partial charge in [-0.05, 0) is 33.2 Å². The van der Waals surface area contributed by atoms with Crippen LogP contribution in [0.3, 0.4) is 0 Å². The average molecular weight is 384 g/mol. The maximum Gasteiger partial charge on any atom is 0.252 e. The molecule has 1 aliphatic heterocycles. The Morgan fingerprint density at radius 3 is 2.89 bits per heavy atom. The molecule has 9 nitrogen and oxygen atoms in total. The second-order valence-corrected chi connectivity index (χ2v) is 7.19. The first-order valence-corrected chi connectivity index (χ1v) is 9.15. The van der Waals surface area contributed by atoms with Crippen LogP contribution in [0.15, 0.2) is 10.6 Å². The molecule has 28 heavy (non-hydrogen) atoms. The van der Waals surface area contributed by atoms with Crippen LogP contribution in [0.2, 0.25) is 0 Å². The van der Waals surface area contributed by atoms with Crippen molar-refractivity contribution in [1.29, 1.82) is 5.26 Å². The molecule has 3 N–H and O–H groups in total. The van der Waals surface area contributed by atoms with Gasteiger partial charge < -0.3 is 10.2 Å². The molecule has 0 aromatic carbocycles. The van der Waals surface area contributed by atoms with Crippen LogP contribution >= 0.6 is 0 Å². The van der Waals surface area contributed by atoms with Crippen molar-refractivity contribution in [2.24, 2.45) is 12.8 Å². The zero-order chi connectivity index (χ0) is 20.4. The minimum atomic E-state index is -0.495. The quantitative estimate of drug-likeness (QED) is 0.802. The van der Waals surface area contributed by atoms with Gasteiger partial charge >= 0.3 is 0 Å². The minimum Gasteiger partial charge on any atom is -0.444 e. The van der Waals surface area contributed by atoms with Gasteiger partial charge in [-0.2, -0.15) is 10.4 Å². The highest BCUT2D eigenvalue weighted by atomic mass is 16.4. The number of nitriles is 1. The number of likely N-dealkylation sites (tertiary alicyclic amines) is 1. The summed E-state index contributed by atoms with van der Waals surface area (Å²) in [6, 6.07) is 2.06. The number of nitrogens with one attached hydrogen (secondary N) is 1. The fourth-order valence-electron chi connectivity index (χ4n) is 3.64. The molecule has 3 heterocycles. The molecule has 9 heteroatoms. The van der Waals surface area contributed by atoms with Crippen molar-refractivity contribution in [2.45, 2.75) is 32.6 Å². The number of hydrogen-bond acceptors (Lipinski definition) is 6. The van der Waals surface area contributed by atoms with Gasteiger partial charge in [-0.3, -0.25) is 24.5 Å². The molecule has 0 radical (unpaired) electrons. The molecule has 2 aromatic heterocycles. The first-order chi connectivity index (χ1) is 13.3. The zero-order valence-electron chi connectivity index (χ0n) is 16.3. The Morgan fingerprint density at radius 1 is 1.46 bits per heavy atom. The summed E-state index contributed by atoms with van der Waals surface area (Å²) in [6.45, 7) is 5.07. The molecule has 2 amide bonds. The highest BCUT2D eigenvalue weighted by molar-refractivity contribution is 5.94. The summed E-state index contributed by atoms with van der Waals surface area (Å²) in [5, 5.41) is 16.4. The number of carbonyl (C=O) groups excluding carboxylic acids is 2. The highest BCUT2D eigenvalue weighted by Crippen LogP contribution is 2.29. The molecular weight excluding hydrogens is 360 g/mol. The second kappa shape index (κ2) is 7.86. The van der Waals surface area contributed by atoms with E-state index in [0.717, 1.165) is 24.9 Å². The molecule has 0 unspecified atom stereocenters. The number of nitrogens with zero attached hydrogens (tertiary/aromatic N) is 4. The predicted molar refractivity (Wildman–Crippen MR) is 102 cm³/mol. The van der Waals surface area contributed by atoms with Crippen LogP contribution in [0.25, 0.3) is 0 Å². The standard InChI is InChI=1S/C19H24N6O3/c1-11-12(2)28-19(14(11)7-20)22-16(26)10-25-6-4-5-13(8-25)17-15(18(21)27)9-24(3)23-17/h9,13H,4-6,8,10H2,1-3H3,(H2,21,27)(H,22,26)/t13-/m0/s1. The predicted octanol–water partition coefficient (Wildman–Crippen LogP) is 1.42. The summed E-state index contributed by atoms with van der Waals surface area (Å²) >= 11 is 0. The Balaban J connectivity index is 1.67. The van der Waals surface area contributed by atoms with Gasteiger partial charge in [0, 0.05) is 31.3 Å². The van der Waals surface area contributed by atoms with Crippen LogP contribution in [0.4, 0.5) is 5.88 Å². The normalized spacial score (nSPS) is 17.3. The van der Waals surface area contributed by atoms with Crippen molar-refractivity contribution >= 4 is 17.7 Å². The van der Waals surface area contributed by atoms with Crippen molar-refractivity contribution in [3.05, 3.63) is 34.3 Å². The topological polar surface area (TPSA) is 130 Å². The first kappa shape index (κ1) is 19.6. The summed E-state index contributed by atoms with van der Waals surface area (Å²) < 4.78 is 7.08. The Hall–Kier alpha value is -3.12. The van der Waals surface area contributed by atoms with Crippen LogP contribution in [-0.4, -0.2) is 46.1 Å². The zero-order valence-corrected chi connectivity index (χ0v) is 16.3. The molecule has 0 aliphatic carbocycles. The lowest BCUT2D eigenvalue weighted by Crippen LogP contribution is -2.40. The number of primary amides is 1. The Kier molecular flexibility index (Phi) is 5.51. The molecular formula is C19H24N6O3. The van der Waals surface area contributed by atoms with Crippen molar-refractivity contribution in [1.82, 2.24) is 14.7 Å². The number of rotatable bonds is 5. The molecule has 2 aromatic rings. The van der Waals surface area contributed by atoms with E-state index in [1.165, 1.54) is 0 Å². The molecule has 1 aliphatic rings. The van der Waals surface area contributed by atoms with Crippen LogP contribution in [0.1, 0.15) is 51.7 Å². The number of amides is 2. The molecule has 0 saturated carbocycles. The summed E-state index contributed by atoms with van der Waals surface area (Å²) in [7, 11) is 1.75. The number of anilines is 1. The van der Waals surface area contributed by atoms with Crippen molar-refractivity contribution < 1.29 is 14.0 Å². The molecule has 1 fully saturated rings.